The summed E-state index contributed by atoms with van der Waals surface area (Å²) in [6.45, 7) is 0. The quantitative estimate of drug-likeness (QED) is 0.279. The summed E-state index contributed by atoms with van der Waals surface area (Å²) >= 11 is 6.72. The van der Waals surface area contributed by atoms with Crippen LogP contribution < -0.4 is 16.4 Å². The molecule has 2 aromatic heterocycles. The Morgan fingerprint density at radius 3 is 2.71 bits per heavy atom. The van der Waals surface area contributed by atoms with Gasteiger partial charge in [0.05, 0.1) is 41.4 Å². The average Bonchev–Trinajstić information content (AvgIpc) is 3.66. The molecule has 2 aliphatic carbocycles. The van der Waals surface area contributed by atoms with Crippen LogP contribution in [0.25, 0.3) is 10.9 Å². The van der Waals surface area contributed by atoms with Crippen molar-refractivity contribution in [1.82, 2.24) is 20.0 Å². The molecular weight excluding hydrogens is 503 g/mol. The summed E-state index contributed by atoms with van der Waals surface area (Å²) in [5.74, 6) is -0.400. The van der Waals surface area contributed by atoms with Gasteiger partial charge in [0.2, 0.25) is 0 Å². The Bertz CT molecular complexity index is 1560. The SMILES string of the molecule is [2H]C(Nc1cc(Cl)c2ncc(C#N)c(N[C@@H]3CCCC[C@@H]3N)c2c1)(c1ccc(F)cc1)c1cn(C2CC2)nn1. The van der Waals surface area contributed by atoms with E-state index in [1.54, 1.807) is 29.1 Å². The minimum atomic E-state index is -1.60. The number of hydrogen-bond donors (Lipinski definition) is 3. The fraction of sp³-hybridized carbons (Fsp3) is 0.357. The summed E-state index contributed by atoms with van der Waals surface area (Å²) in [6.07, 6.45) is 9.28. The van der Waals surface area contributed by atoms with Crippen molar-refractivity contribution in [2.75, 3.05) is 10.6 Å². The zero-order valence-corrected chi connectivity index (χ0v) is 21.4. The minimum absolute atomic E-state index is 0.0128. The van der Waals surface area contributed by atoms with Crippen LogP contribution in [0.2, 0.25) is 5.02 Å². The number of hydrogen-bond acceptors (Lipinski definition) is 7. The Balaban J connectivity index is 1.45. The van der Waals surface area contributed by atoms with E-state index in [2.05, 4.69) is 32.0 Å². The van der Waals surface area contributed by atoms with Gasteiger partial charge in [0, 0.05) is 29.4 Å². The second-order valence-electron chi connectivity index (χ2n) is 10.0. The lowest BCUT2D eigenvalue weighted by Crippen LogP contribution is -2.42. The fourth-order valence-corrected chi connectivity index (χ4v) is 5.32. The lowest BCUT2D eigenvalue weighted by atomic mass is 9.90. The van der Waals surface area contributed by atoms with Gasteiger partial charge < -0.3 is 16.4 Å². The van der Waals surface area contributed by atoms with Gasteiger partial charge in [0.15, 0.2) is 0 Å². The third-order valence-corrected chi connectivity index (χ3v) is 7.57. The Kier molecular flexibility index (Phi) is 6.27. The molecule has 2 saturated carbocycles. The molecule has 0 aliphatic heterocycles. The van der Waals surface area contributed by atoms with Gasteiger partial charge in [-0.2, -0.15) is 5.26 Å². The molecule has 2 aliphatic rings. The molecule has 0 amide bonds. The lowest BCUT2D eigenvalue weighted by molar-refractivity contribution is 0.404. The molecule has 38 heavy (non-hydrogen) atoms. The molecule has 194 valence electrons. The van der Waals surface area contributed by atoms with E-state index < -0.39 is 11.8 Å². The first kappa shape index (κ1) is 23.4. The highest BCUT2D eigenvalue weighted by Crippen LogP contribution is 2.38. The molecule has 0 bridgehead atoms. The van der Waals surface area contributed by atoms with Crippen LogP contribution in [0.3, 0.4) is 0 Å². The average molecular weight is 532 g/mol. The van der Waals surface area contributed by atoms with Crippen LogP contribution in [0.1, 0.15) is 68.8 Å². The van der Waals surface area contributed by atoms with Crippen molar-refractivity contribution < 1.29 is 5.76 Å². The first-order chi connectivity index (χ1) is 18.9. The molecule has 10 heteroatoms. The highest BCUT2D eigenvalue weighted by atomic mass is 35.5. The van der Waals surface area contributed by atoms with Gasteiger partial charge in [-0.15, -0.1) is 5.10 Å². The van der Waals surface area contributed by atoms with E-state index in [1.165, 1.54) is 18.3 Å². The molecule has 8 nitrogen and oxygen atoms in total. The summed E-state index contributed by atoms with van der Waals surface area (Å²) in [6, 6.07) is 10.2. The zero-order chi connectivity index (χ0) is 27.1. The predicted molar refractivity (Wildman–Crippen MR) is 145 cm³/mol. The second kappa shape index (κ2) is 10.2. The van der Waals surface area contributed by atoms with Crippen molar-refractivity contribution in [3.8, 4) is 6.07 Å². The Morgan fingerprint density at radius 2 is 1.97 bits per heavy atom. The molecule has 2 heterocycles. The normalized spacial score (nSPS) is 21.4. The van der Waals surface area contributed by atoms with Crippen molar-refractivity contribution in [2.45, 2.75) is 62.7 Å². The van der Waals surface area contributed by atoms with E-state index in [9.17, 15) is 11.0 Å². The number of aromatic nitrogens is 4. The second-order valence-corrected chi connectivity index (χ2v) is 10.4. The topological polar surface area (TPSA) is 117 Å². The molecule has 4 N–H and O–H groups in total. The number of fused-ring (bicyclic) bond motifs is 1. The molecule has 1 unspecified atom stereocenters. The third-order valence-electron chi connectivity index (χ3n) is 7.28. The standard InChI is InChI=1S/C28H28ClFN8/c29-22-12-19(11-21-26(17(13-31)14-33-28(21)22)35-24-4-2-1-3-23(24)32)34-27(16-5-7-18(30)8-6-16)25-15-38(37-36-25)20-9-10-20/h5-8,11-12,14-15,20,23-24,27,34H,1-4,9-10,32H2,(H,33,35)/t23-,24+,27?/m0/s1/i27D. The smallest absolute Gasteiger partial charge is 0.123 e. The maximum atomic E-state index is 13.8. The number of halogens is 2. The molecule has 4 aromatic rings. The molecule has 0 saturated heterocycles. The van der Waals surface area contributed by atoms with Gasteiger partial charge in [-0.25, -0.2) is 9.07 Å². The number of anilines is 2. The third kappa shape index (κ3) is 4.89. The Hall–Kier alpha value is -3.74. The summed E-state index contributed by atoms with van der Waals surface area (Å²) in [4.78, 5) is 4.45. The van der Waals surface area contributed by atoms with E-state index in [0.717, 1.165) is 38.5 Å². The number of nitrogens with one attached hydrogen (secondary N) is 2. The minimum Gasteiger partial charge on any atom is -0.379 e. The molecule has 0 spiro atoms. The monoisotopic (exact) mass is 531 g/mol. The van der Waals surface area contributed by atoms with Gasteiger partial charge in [-0.3, -0.25) is 4.98 Å². The molecule has 3 atom stereocenters. The number of rotatable bonds is 7. The van der Waals surface area contributed by atoms with E-state index in [0.29, 0.717) is 44.1 Å². The van der Waals surface area contributed by atoms with Crippen LogP contribution in [-0.4, -0.2) is 32.1 Å². The summed E-state index contributed by atoms with van der Waals surface area (Å²) in [5.41, 5.74) is 9.31. The largest absolute Gasteiger partial charge is 0.379 e. The highest BCUT2D eigenvalue weighted by Gasteiger charge is 2.28. The number of pyridine rings is 1. The summed E-state index contributed by atoms with van der Waals surface area (Å²) in [7, 11) is 0. The van der Waals surface area contributed by atoms with Gasteiger partial charge in [0.1, 0.15) is 17.6 Å². The molecule has 0 radical (unpaired) electrons. The van der Waals surface area contributed by atoms with Crippen molar-refractivity contribution in [2.24, 2.45) is 5.73 Å². The molecule has 6 rings (SSSR count). The first-order valence-electron chi connectivity index (χ1n) is 13.4. The van der Waals surface area contributed by atoms with E-state index in [4.69, 9.17) is 17.3 Å². The van der Waals surface area contributed by atoms with Gasteiger partial charge in [0.25, 0.3) is 0 Å². The van der Waals surface area contributed by atoms with Crippen LogP contribution in [-0.2, 0) is 0 Å². The lowest BCUT2D eigenvalue weighted by Gasteiger charge is -2.31. The van der Waals surface area contributed by atoms with E-state index >= 15 is 0 Å². The van der Waals surface area contributed by atoms with Crippen molar-refractivity contribution in [1.29, 1.82) is 5.26 Å². The Labute approximate surface area is 226 Å². The van der Waals surface area contributed by atoms with Gasteiger partial charge in [-0.05, 0) is 55.5 Å². The number of nitrogens with two attached hydrogens (primary N) is 1. The number of nitriles is 1. The number of benzene rings is 2. The van der Waals surface area contributed by atoms with Crippen LogP contribution in [0, 0.1) is 17.1 Å². The van der Waals surface area contributed by atoms with Gasteiger partial charge in [-0.1, -0.05) is 41.8 Å². The molecule has 2 fully saturated rings. The number of nitrogens with zero attached hydrogens (tertiary/aromatic N) is 5. The highest BCUT2D eigenvalue weighted by molar-refractivity contribution is 6.35. The Morgan fingerprint density at radius 1 is 1.18 bits per heavy atom. The zero-order valence-electron chi connectivity index (χ0n) is 21.7. The first-order valence-corrected chi connectivity index (χ1v) is 13.2. The molecular formula is C28H28ClFN8. The van der Waals surface area contributed by atoms with Crippen LogP contribution in [0.5, 0.6) is 0 Å². The van der Waals surface area contributed by atoms with Crippen LogP contribution in [0.15, 0.2) is 48.8 Å². The van der Waals surface area contributed by atoms with Crippen LogP contribution >= 0.6 is 11.6 Å². The fourth-order valence-electron chi connectivity index (χ4n) is 5.05. The van der Waals surface area contributed by atoms with Crippen molar-refractivity contribution in [3.05, 3.63) is 76.5 Å². The van der Waals surface area contributed by atoms with Crippen LogP contribution in [0.4, 0.5) is 15.8 Å². The van der Waals surface area contributed by atoms with Crippen molar-refractivity contribution in [3.63, 3.8) is 0 Å². The maximum absolute atomic E-state index is 13.8. The van der Waals surface area contributed by atoms with E-state index in [1.807, 2.05) is 6.07 Å². The van der Waals surface area contributed by atoms with Crippen molar-refractivity contribution >= 4 is 33.9 Å². The molecule has 2 aromatic carbocycles. The predicted octanol–water partition coefficient (Wildman–Crippen LogP) is 5.71. The van der Waals surface area contributed by atoms with Gasteiger partial charge >= 0.3 is 0 Å². The summed E-state index contributed by atoms with van der Waals surface area (Å²) < 4.78 is 25.1. The maximum Gasteiger partial charge on any atom is 0.123 e. The summed E-state index contributed by atoms with van der Waals surface area (Å²) in [5, 5.41) is 26.2. The van der Waals surface area contributed by atoms with E-state index in [-0.39, 0.29) is 18.1 Å².